The first kappa shape index (κ1) is 12.6. The van der Waals surface area contributed by atoms with Gasteiger partial charge in [0, 0.05) is 6.54 Å². The van der Waals surface area contributed by atoms with Crippen LogP contribution in [0.2, 0.25) is 0 Å². The van der Waals surface area contributed by atoms with Gasteiger partial charge in [-0.3, -0.25) is 0 Å². The van der Waals surface area contributed by atoms with Crippen LogP contribution in [0.1, 0.15) is 45.9 Å². The van der Waals surface area contributed by atoms with Crippen LogP contribution in [0.25, 0.3) is 0 Å². The van der Waals surface area contributed by atoms with E-state index in [9.17, 15) is 0 Å². The molecule has 1 fully saturated rings. The maximum atomic E-state index is 4.27. The van der Waals surface area contributed by atoms with E-state index < -0.39 is 0 Å². The molecular formula is C13H24N4. The Morgan fingerprint density at radius 1 is 1.41 bits per heavy atom. The fourth-order valence-electron chi connectivity index (χ4n) is 2.88. The van der Waals surface area contributed by atoms with Crippen molar-refractivity contribution in [1.82, 2.24) is 20.1 Å². The summed E-state index contributed by atoms with van der Waals surface area (Å²) in [6, 6.07) is 0. The van der Waals surface area contributed by atoms with Gasteiger partial charge in [-0.1, -0.05) is 26.7 Å². The van der Waals surface area contributed by atoms with Crippen molar-refractivity contribution in [3.05, 3.63) is 12.2 Å². The van der Waals surface area contributed by atoms with Gasteiger partial charge in [-0.05, 0) is 31.2 Å². The van der Waals surface area contributed by atoms with E-state index in [4.69, 9.17) is 0 Å². The molecule has 1 aliphatic carbocycles. The summed E-state index contributed by atoms with van der Waals surface area (Å²) in [7, 11) is 0. The predicted octanol–water partition coefficient (Wildman–Crippen LogP) is 2.21. The van der Waals surface area contributed by atoms with E-state index in [1.807, 2.05) is 4.68 Å². The molecule has 1 atom stereocenters. The Balaban J connectivity index is 1.74. The number of rotatable bonds is 7. The summed E-state index contributed by atoms with van der Waals surface area (Å²) in [6.07, 6.45) is 5.68. The van der Waals surface area contributed by atoms with E-state index in [-0.39, 0.29) is 0 Å². The Hall–Kier alpha value is -0.900. The Labute approximate surface area is 104 Å². The molecule has 4 heteroatoms. The quantitative estimate of drug-likeness (QED) is 0.789. The summed E-state index contributed by atoms with van der Waals surface area (Å²) in [5, 5.41) is 7.70. The minimum absolute atomic E-state index is 0.644. The van der Waals surface area contributed by atoms with Crippen molar-refractivity contribution in [2.45, 2.75) is 53.1 Å². The summed E-state index contributed by atoms with van der Waals surface area (Å²) in [5.74, 6) is 1.92. The van der Waals surface area contributed by atoms with E-state index >= 15 is 0 Å². The third-order valence-electron chi connectivity index (χ3n) is 4.44. The Kier molecular flexibility index (Phi) is 3.82. The molecule has 0 spiro atoms. The maximum Gasteiger partial charge on any atom is 0.140 e. The monoisotopic (exact) mass is 236 g/mol. The van der Waals surface area contributed by atoms with Gasteiger partial charge in [0.05, 0.1) is 6.54 Å². The van der Waals surface area contributed by atoms with Crippen LogP contribution in [0, 0.1) is 11.3 Å². The van der Waals surface area contributed by atoms with Crippen LogP contribution in [0.5, 0.6) is 0 Å². The van der Waals surface area contributed by atoms with Gasteiger partial charge in [-0.2, -0.15) is 5.10 Å². The summed E-state index contributed by atoms with van der Waals surface area (Å²) in [6.45, 7) is 9.59. The fourth-order valence-corrected chi connectivity index (χ4v) is 2.88. The second-order valence-corrected chi connectivity index (χ2v) is 5.09. The standard InChI is InChI=1S/C13H24N4/c1-4-13(5-2)7-11(13)8-14-9-12-15-10-16-17(12)6-3/h10-11,14H,4-9H2,1-3H3/t11-/m1/s1. The van der Waals surface area contributed by atoms with Gasteiger partial charge in [0.15, 0.2) is 0 Å². The summed E-state index contributed by atoms with van der Waals surface area (Å²) >= 11 is 0. The Morgan fingerprint density at radius 3 is 2.76 bits per heavy atom. The zero-order chi connectivity index (χ0) is 12.3. The number of aromatic nitrogens is 3. The molecule has 17 heavy (non-hydrogen) atoms. The van der Waals surface area contributed by atoms with Crippen molar-refractivity contribution in [2.75, 3.05) is 6.54 Å². The molecule has 0 radical (unpaired) electrons. The molecule has 0 saturated heterocycles. The van der Waals surface area contributed by atoms with Crippen LogP contribution in [-0.4, -0.2) is 21.3 Å². The highest BCUT2D eigenvalue weighted by Crippen LogP contribution is 2.57. The van der Waals surface area contributed by atoms with Crippen LogP contribution in [0.4, 0.5) is 0 Å². The predicted molar refractivity (Wildman–Crippen MR) is 68.5 cm³/mol. The average molecular weight is 236 g/mol. The molecule has 1 heterocycles. The topological polar surface area (TPSA) is 42.7 Å². The van der Waals surface area contributed by atoms with Gasteiger partial charge >= 0.3 is 0 Å². The summed E-state index contributed by atoms with van der Waals surface area (Å²) < 4.78 is 1.95. The third kappa shape index (κ3) is 2.51. The van der Waals surface area contributed by atoms with Gasteiger partial charge in [-0.15, -0.1) is 0 Å². The van der Waals surface area contributed by atoms with Crippen molar-refractivity contribution >= 4 is 0 Å². The molecule has 0 amide bonds. The first-order valence-corrected chi connectivity index (χ1v) is 6.83. The van der Waals surface area contributed by atoms with Gasteiger partial charge < -0.3 is 5.32 Å². The molecular weight excluding hydrogens is 212 g/mol. The summed E-state index contributed by atoms with van der Waals surface area (Å²) in [5.41, 5.74) is 0.644. The first-order valence-electron chi connectivity index (χ1n) is 6.83. The van der Waals surface area contributed by atoms with Crippen LogP contribution in [0.3, 0.4) is 0 Å². The molecule has 0 unspecified atom stereocenters. The molecule has 2 rings (SSSR count). The van der Waals surface area contributed by atoms with Gasteiger partial charge in [0.1, 0.15) is 12.2 Å². The van der Waals surface area contributed by atoms with E-state index in [2.05, 4.69) is 36.2 Å². The number of nitrogens with zero attached hydrogens (tertiary/aromatic N) is 3. The van der Waals surface area contributed by atoms with Crippen LogP contribution < -0.4 is 5.32 Å². The highest BCUT2D eigenvalue weighted by atomic mass is 15.3. The second kappa shape index (κ2) is 5.17. The van der Waals surface area contributed by atoms with Crippen molar-refractivity contribution in [3.8, 4) is 0 Å². The highest BCUT2D eigenvalue weighted by molar-refractivity contribution is 5.01. The van der Waals surface area contributed by atoms with Gasteiger partial charge in [0.2, 0.25) is 0 Å². The average Bonchev–Trinajstić information content (AvgIpc) is 2.88. The SMILES string of the molecule is CCn1ncnc1CNC[C@H]1CC1(CC)CC. The lowest BCUT2D eigenvalue weighted by molar-refractivity contribution is 0.407. The van der Waals surface area contributed by atoms with Crippen LogP contribution >= 0.6 is 0 Å². The molecule has 0 aliphatic heterocycles. The minimum atomic E-state index is 0.644. The van der Waals surface area contributed by atoms with E-state index in [0.717, 1.165) is 31.4 Å². The maximum absolute atomic E-state index is 4.27. The molecule has 1 N–H and O–H groups in total. The van der Waals surface area contributed by atoms with Gasteiger partial charge in [-0.25, -0.2) is 9.67 Å². The third-order valence-corrected chi connectivity index (χ3v) is 4.44. The van der Waals surface area contributed by atoms with Crippen molar-refractivity contribution in [1.29, 1.82) is 0 Å². The smallest absolute Gasteiger partial charge is 0.140 e. The molecule has 96 valence electrons. The van der Waals surface area contributed by atoms with Gasteiger partial charge in [0.25, 0.3) is 0 Å². The molecule has 0 bridgehead atoms. The lowest BCUT2D eigenvalue weighted by Gasteiger charge is -2.12. The van der Waals surface area contributed by atoms with E-state index in [0.29, 0.717) is 5.41 Å². The van der Waals surface area contributed by atoms with Crippen LogP contribution in [-0.2, 0) is 13.1 Å². The lowest BCUT2D eigenvalue weighted by Crippen LogP contribution is -2.21. The van der Waals surface area contributed by atoms with Crippen molar-refractivity contribution < 1.29 is 0 Å². The molecule has 1 aromatic rings. The van der Waals surface area contributed by atoms with E-state index in [1.54, 1.807) is 6.33 Å². The number of nitrogens with one attached hydrogen (secondary N) is 1. The number of hydrogen-bond acceptors (Lipinski definition) is 3. The highest BCUT2D eigenvalue weighted by Gasteiger charge is 2.50. The Bertz CT molecular complexity index is 354. The second-order valence-electron chi connectivity index (χ2n) is 5.09. The number of aryl methyl sites for hydroxylation is 1. The lowest BCUT2D eigenvalue weighted by atomic mass is 9.97. The van der Waals surface area contributed by atoms with Crippen LogP contribution in [0.15, 0.2) is 6.33 Å². The largest absolute Gasteiger partial charge is 0.310 e. The molecule has 1 aliphatic rings. The first-order chi connectivity index (χ1) is 8.25. The zero-order valence-corrected chi connectivity index (χ0v) is 11.2. The minimum Gasteiger partial charge on any atom is -0.310 e. The molecule has 4 nitrogen and oxygen atoms in total. The van der Waals surface area contributed by atoms with E-state index in [1.165, 1.54) is 19.3 Å². The summed E-state index contributed by atoms with van der Waals surface area (Å²) in [4.78, 5) is 4.27. The molecule has 1 aromatic heterocycles. The molecule has 1 saturated carbocycles. The Morgan fingerprint density at radius 2 is 2.18 bits per heavy atom. The normalized spacial score (nSPS) is 21.7. The fraction of sp³-hybridized carbons (Fsp3) is 0.846. The van der Waals surface area contributed by atoms with Crippen molar-refractivity contribution in [3.63, 3.8) is 0 Å². The number of hydrogen-bond donors (Lipinski definition) is 1. The van der Waals surface area contributed by atoms with Crippen molar-refractivity contribution in [2.24, 2.45) is 11.3 Å². The molecule has 0 aromatic carbocycles. The zero-order valence-electron chi connectivity index (χ0n) is 11.2.